The lowest BCUT2D eigenvalue weighted by Gasteiger charge is -2.17. The molecule has 5 nitrogen and oxygen atoms in total. The third-order valence-corrected chi connectivity index (χ3v) is 3.39. The predicted molar refractivity (Wildman–Crippen MR) is 85.1 cm³/mol. The van der Waals surface area contributed by atoms with Gasteiger partial charge in [-0.3, -0.25) is 4.79 Å². The molecule has 0 heterocycles. The van der Waals surface area contributed by atoms with Crippen LogP contribution in [-0.4, -0.2) is 11.9 Å². The van der Waals surface area contributed by atoms with E-state index < -0.39 is 11.9 Å². The number of halogens is 1. The molecule has 2 aromatic carbocycles. The molecule has 114 valence electrons. The zero-order valence-electron chi connectivity index (χ0n) is 11.5. The van der Waals surface area contributed by atoms with Gasteiger partial charge in [-0.2, -0.15) is 0 Å². The summed E-state index contributed by atoms with van der Waals surface area (Å²) in [5.41, 5.74) is 6.30. The molecule has 0 bridgehead atoms. The molecular formula is C15H14FN3O2S. The molecule has 0 atom stereocenters. The minimum atomic E-state index is -0.554. The van der Waals surface area contributed by atoms with Crippen LogP contribution in [0.3, 0.4) is 0 Å². The Labute approximate surface area is 132 Å². The quantitative estimate of drug-likeness (QED) is 0.757. The number of primary amides is 1. The Kier molecular flexibility index (Phi) is 5.00. The molecule has 0 aromatic heterocycles. The van der Waals surface area contributed by atoms with E-state index in [0.29, 0.717) is 16.8 Å². The first-order chi connectivity index (χ1) is 10.5. The number of nitrogens with one attached hydrogen (secondary N) is 1. The standard InChI is InChI=1S/C15H14FN3O2S/c16-13-4-2-1-3-11(13)9-18-15(21)19(22)12-7-5-10(6-8-12)14(17)20/h1-8,22H,9H2,(H2,17,20)(H,18,21). The topological polar surface area (TPSA) is 75.4 Å². The number of benzene rings is 2. The highest BCUT2D eigenvalue weighted by Gasteiger charge is 2.13. The first kappa shape index (κ1) is 15.8. The minimum Gasteiger partial charge on any atom is -0.366 e. The maximum absolute atomic E-state index is 13.5. The second kappa shape index (κ2) is 6.95. The van der Waals surface area contributed by atoms with Crippen molar-refractivity contribution in [1.82, 2.24) is 5.32 Å². The van der Waals surface area contributed by atoms with Crippen molar-refractivity contribution in [3.8, 4) is 0 Å². The second-order valence-corrected chi connectivity index (χ2v) is 4.87. The number of rotatable bonds is 4. The van der Waals surface area contributed by atoms with Crippen LogP contribution >= 0.6 is 12.8 Å². The Balaban J connectivity index is 2.00. The van der Waals surface area contributed by atoms with E-state index in [-0.39, 0.29) is 12.4 Å². The van der Waals surface area contributed by atoms with Gasteiger partial charge in [-0.15, -0.1) is 0 Å². The number of nitrogens with two attached hydrogens (primary N) is 1. The number of thiol groups is 1. The molecule has 0 unspecified atom stereocenters. The zero-order valence-corrected chi connectivity index (χ0v) is 12.4. The van der Waals surface area contributed by atoms with Gasteiger partial charge in [0.1, 0.15) is 5.82 Å². The van der Waals surface area contributed by atoms with E-state index in [9.17, 15) is 14.0 Å². The lowest BCUT2D eigenvalue weighted by Crippen LogP contribution is -2.33. The van der Waals surface area contributed by atoms with E-state index >= 15 is 0 Å². The van der Waals surface area contributed by atoms with Crippen LogP contribution in [0.1, 0.15) is 15.9 Å². The number of anilines is 1. The number of carbonyl (C=O) groups is 2. The fraction of sp³-hybridized carbons (Fsp3) is 0.0667. The summed E-state index contributed by atoms with van der Waals surface area (Å²) in [6.07, 6.45) is 0. The monoisotopic (exact) mass is 319 g/mol. The van der Waals surface area contributed by atoms with Gasteiger partial charge in [0, 0.05) is 17.7 Å². The highest BCUT2D eigenvalue weighted by atomic mass is 32.1. The molecule has 2 aromatic rings. The third-order valence-electron chi connectivity index (χ3n) is 2.98. The van der Waals surface area contributed by atoms with Crippen LogP contribution in [0.25, 0.3) is 0 Å². The fourth-order valence-corrected chi connectivity index (χ4v) is 1.98. The average molecular weight is 319 g/mol. The van der Waals surface area contributed by atoms with Gasteiger partial charge in [-0.1, -0.05) is 31.0 Å². The summed E-state index contributed by atoms with van der Waals surface area (Å²) in [5, 5.41) is 2.55. The molecule has 0 aliphatic rings. The van der Waals surface area contributed by atoms with Crippen LogP contribution < -0.4 is 15.4 Å². The van der Waals surface area contributed by atoms with Crippen molar-refractivity contribution in [2.75, 3.05) is 4.31 Å². The highest BCUT2D eigenvalue weighted by Crippen LogP contribution is 2.17. The largest absolute Gasteiger partial charge is 0.366 e. The molecule has 0 aliphatic heterocycles. The van der Waals surface area contributed by atoms with Crippen LogP contribution in [-0.2, 0) is 6.54 Å². The summed E-state index contributed by atoms with van der Waals surface area (Å²) in [5.74, 6) is -0.944. The molecule has 0 spiro atoms. The van der Waals surface area contributed by atoms with Gasteiger partial charge in [0.2, 0.25) is 5.91 Å². The third kappa shape index (κ3) is 3.76. The molecular weight excluding hydrogens is 305 g/mol. The summed E-state index contributed by atoms with van der Waals surface area (Å²) >= 11 is 4.08. The van der Waals surface area contributed by atoms with E-state index in [1.54, 1.807) is 18.2 Å². The number of amides is 3. The zero-order chi connectivity index (χ0) is 16.1. The Morgan fingerprint density at radius 3 is 2.36 bits per heavy atom. The van der Waals surface area contributed by atoms with Crippen molar-refractivity contribution in [1.29, 1.82) is 0 Å². The molecule has 2 rings (SSSR count). The Morgan fingerprint density at radius 2 is 1.77 bits per heavy atom. The molecule has 3 amide bonds. The van der Waals surface area contributed by atoms with Crippen molar-refractivity contribution < 1.29 is 14.0 Å². The van der Waals surface area contributed by atoms with E-state index in [2.05, 4.69) is 18.1 Å². The molecule has 0 aliphatic carbocycles. The Bertz CT molecular complexity index is 691. The number of nitrogens with zero attached hydrogens (tertiary/aromatic N) is 1. The summed E-state index contributed by atoms with van der Waals surface area (Å²) in [4.78, 5) is 23.0. The molecule has 0 fully saturated rings. The Hall–Kier alpha value is -2.54. The summed E-state index contributed by atoms with van der Waals surface area (Å²) in [6, 6.07) is 11.7. The van der Waals surface area contributed by atoms with E-state index in [1.165, 1.54) is 30.3 Å². The maximum atomic E-state index is 13.5. The highest BCUT2D eigenvalue weighted by molar-refractivity contribution is 7.82. The predicted octanol–water partition coefficient (Wildman–Crippen LogP) is 2.49. The van der Waals surface area contributed by atoms with Crippen molar-refractivity contribution in [2.24, 2.45) is 5.73 Å². The lowest BCUT2D eigenvalue weighted by atomic mass is 10.2. The van der Waals surface area contributed by atoms with E-state index in [0.717, 1.165) is 4.31 Å². The first-order valence-corrected chi connectivity index (χ1v) is 6.79. The summed E-state index contributed by atoms with van der Waals surface area (Å²) < 4.78 is 14.5. The molecule has 3 N–H and O–H groups in total. The number of urea groups is 1. The SMILES string of the molecule is NC(=O)c1ccc(N(S)C(=O)NCc2ccccc2F)cc1. The van der Waals surface area contributed by atoms with Crippen molar-refractivity contribution in [3.63, 3.8) is 0 Å². The van der Waals surface area contributed by atoms with Gasteiger partial charge in [-0.05, 0) is 30.3 Å². The van der Waals surface area contributed by atoms with Crippen molar-refractivity contribution in [3.05, 3.63) is 65.5 Å². The van der Waals surface area contributed by atoms with Crippen molar-refractivity contribution >= 4 is 30.4 Å². The second-order valence-electron chi connectivity index (χ2n) is 4.47. The first-order valence-electron chi connectivity index (χ1n) is 6.39. The smallest absolute Gasteiger partial charge is 0.332 e. The number of carbonyl (C=O) groups excluding carboxylic acids is 2. The molecule has 22 heavy (non-hydrogen) atoms. The van der Waals surface area contributed by atoms with Gasteiger partial charge in [0.05, 0.1) is 5.69 Å². The summed E-state index contributed by atoms with van der Waals surface area (Å²) in [6.45, 7) is 0.0436. The fourth-order valence-electron chi connectivity index (χ4n) is 1.77. The molecule has 0 radical (unpaired) electrons. The van der Waals surface area contributed by atoms with E-state index in [4.69, 9.17) is 5.73 Å². The molecule has 7 heteroatoms. The van der Waals surface area contributed by atoms with Gasteiger partial charge >= 0.3 is 6.03 Å². The van der Waals surface area contributed by atoms with Crippen LogP contribution in [0.5, 0.6) is 0 Å². The normalized spacial score (nSPS) is 10.1. The maximum Gasteiger partial charge on any atom is 0.332 e. The van der Waals surface area contributed by atoms with Gasteiger partial charge < -0.3 is 11.1 Å². The average Bonchev–Trinajstić information content (AvgIpc) is 2.53. The minimum absolute atomic E-state index is 0.0436. The lowest BCUT2D eigenvalue weighted by molar-refractivity contribution is 0.100. The number of hydrogen-bond donors (Lipinski definition) is 3. The van der Waals surface area contributed by atoms with Crippen LogP contribution in [0.4, 0.5) is 14.9 Å². The van der Waals surface area contributed by atoms with Gasteiger partial charge in [0.15, 0.2) is 0 Å². The molecule has 0 saturated carbocycles. The molecule has 0 saturated heterocycles. The van der Waals surface area contributed by atoms with Gasteiger partial charge in [-0.25, -0.2) is 13.5 Å². The van der Waals surface area contributed by atoms with E-state index in [1.807, 2.05) is 0 Å². The van der Waals surface area contributed by atoms with Crippen molar-refractivity contribution in [2.45, 2.75) is 6.54 Å². The van der Waals surface area contributed by atoms with Crippen LogP contribution in [0, 0.1) is 5.82 Å². The van der Waals surface area contributed by atoms with Gasteiger partial charge in [0.25, 0.3) is 0 Å². The Morgan fingerprint density at radius 1 is 1.14 bits per heavy atom. The van der Waals surface area contributed by atoms with Crippen LogP contribution in [0.15, 0.2) is 48.5 Å². The number of hydrogen-bond acceptors (Lipinski definition) is 3. The summed E-state index contributed by atoms with van der Waals surface area (Å²) in [7, 11) is 0. The van der Waals surface area contributed by atoms with Crippen LogP contribution in [0.2, 0.25) is 0 Å².